The maximum Gasteiger partial charge on any atom is 0.331 e. The molecule has 3 heteroatoms. The Balaban J connectivity index is 2.30. The molecule has 0 radical (unpaired) electrons. The fourth-order valence-corrected chi connectivity index (χ4v) is 2.32. The first-order chi connectivity index (χ1) is 8.72. The SMILES string of the molecule is CCOC(=O)C=C(C)c1cccc2c1CNCC2. The number of fused-ring (bicyclic) bond motifs is 1. The summed E-state index contributed by atoms with van der Waals surface area (Å²) in [6.07, 6.45) is 2.63. The van der Waals surface area contributed by atoms with Gasteiger partial charge in [0.1, 0.15) is 0 Å². The molecule has 1 aromatic carbocycles. The van der Waals surface area contributed by atoms with Crippen LogP contribution in [0.2, 0.25) is 0 Å². The number of carbonyl (C=O) groups is 1. The van der Waals surface area contributed by atoms with Crippen molar-refractivity contribution in [3.63, 3.8) is 0 Å². The molecule has 0 unspecified atom stereocenters. The third-order valence-electron chi connectivity index (χ3n) is 3.19. The Morgan fingerprint density at radius 1 is 1.50 bits per heavy atom. The molecule has 96 valence electrons. The lowest BCUT2D eigenvalue weighted by atomic mass is 9.92. The van der Waals surface area contributed by atoms with Crippen molar-refractivity contribution < 1.29 is 9.53 Å². The van der Waals surface area contributed by atoms with E-state index in [-0.39, 0.29) is 5.97 Å². The van der Waals surface area contributed by atoms with Crippen molar-refractivity contribution in [3.05, 3.63) is 41.0 Å². The lowest BCUT2D eigenvalue weighted by Crippen LogP contribution is -2.24. The van der Waals surface area contributed by atoms with Gasteiger partial charge in [-0.3, -0.25) is 0 Å². The summed E-state index contributed by atoms with van der Waals surface area (Å²) in [5, 5.41) is 3.37. The average Bonchev–Trinajstić information content (AvgIpc) is 2.38. The molecular formula is C15H19NO2. The standard InChI is InChI=1S/C15H19NO2/c1-3-18-15(17)9-11(2)13-6-4-5-12-7-8-16-10-14(12)13/h4-6,9,16H,3,7-8,10H2,1-2H3. The molecule has 0 bridgehead atoms. The third-order valence-corrected chi connectivity index (χ3v) is 3.19. The number of nitrogens with one attached hydrogen (secondary N) is 1. The van der Waals surface area contributed by atoms with Crippen LogP contribution in [0.4, 0.5) is 0 Å². The minimum atomic E-state index is -0.267. The Kier molecular flexibility index (Phi) is 4.15. The van der Waals surface area contributed by atoms with Crippen LogP contribution in [-0.4, -0.2) is 19.1 Å². The molecule has 0 aromatic heterocycles. The van der Waals surface area contributed by atoms with Crippen LogP contribution in [0.5, 0.6) is 0 Å². The summed E-state index contributed by atoms with van der Waals surface area (Å²) in [5.41, 5.74) is 4.80. The summed E-state index contributed by atoms with van der Waals surface area (Å²) in [6, 6.07) is 6.29. The van der Waals surface area contributed by atoms with E-state index in [2.05, 4.69) is 23.5 Å². The van der Waals surface area contributed by atoms with Crippen LogP contribution in [0, 0.1) is 0 Å². The van der Waals surface area contributed by atoms with Crippen molar-refractivity contribution in [2.75, 3.05) is 13.2 Å². The van der Waals surface area contributed by atoms with Gasteiger partial charge in [-0.15, -0.1) is 0 Å². The van der Waals surface area contributed by atoms with Crippen LogP contribution >= 0.6 is 0 Å². The quantitative estimate of drug-likeness (QED) is 0.656. The van der Waals surface area contributed by atoms with Gasteiger partial charge in [0.2, 0.25) is 0 Å². The predicted molar refractivity (Wildman–Crippen MR) is 72.1 cm³/mol. The second-order valence-corrected chi connectivity index (χ2v) is 4.45. The van der Waals surface area contributed by atoms with Crippen molar-refractivity contribution in [1.82, 2.24) is 5.32 Å². The molecule has 2 rings (SSSR count). The zero-order chi connectivity index (χ0) is 13.0. The molecule has 0 fully saturated rings. The number of hydrogen-bond acceptors (Lipinski definition) is 3. The van der Waals surface area contributed by atoms with E-state index in [4.69, 9.17) is 4.74 Å². The molecule has 1 aromatic rings. The number of allylic oxidation sites excluding steroid dienone is 1. The van der Waals surface area contributed by atoms with E-state index >= 15 is 0 Å². The molecule has 0 saturated carbocycles. The largest absolute Gasteiger partial charge is 0.463 e. The van der Waals surface area contributed by atoms with Gasteiger partial charge in [0.25, 0.3) is 0 Å². The average molecular weight is 245 g/mol. The van der Waals surface area contributed by atoms with Crippen LogP contribution in [-0.2, 0) is 22.5 Å². The van der Waals surface area contributed by atoms with Crippen LogP contribution in [0.3, 0.4) is 0 Å². The number of benzene rings is 1. The lowest BCUT2D eigenvalue weighted by molar-refractivity contribution is -0.137. The molecule has 3 nitrogen and oxygen atoms in total. The van der Waals surface area contributed by atoms with Gasteiger partial charge >= 0.3 is 5.97 Å². The van der Waals surface area contributed by atoms with Gasteiger partial charge in [0, 0.05) is 12.6 Å². The van der Waals surface area contributed by atoms with Crippen molar-refractivity contribution in [2.24, 2.45) is 0 Å². The minimum absolute atomic E-state index is 0.267. The van der Waals surface area contributed by atoms with Crippen LogP contribution < -0.4 is 5.32 Å². The van der Waals surface area contributed by atoms with Crippen molar-refractivity contribution in [2.45, 2.75) is 26.8 Å². The summed E-state index contributed by atoms with van der Waals surface area (Å²) in [5.74, 6) is -0.267. The molecule has 1 heterocycles. The first-order valence-electron chi connectivity index (χ1n) is 6.39. The fourth-order valence-electron chi connectivity index (χ4n) is 2.32. The predicted octanol–water partition coefficient (Wildman–Crippen LogP) is 2.30. The van der Waals surface area contributed by atoms with E-state index in [9.17, 15) is 4.79 Å². The second-order valence-electron chi connectivity index (χ2n) is 4.45. The van der Waals surface area contributed by atoms with E-state index in [1.54, 1.807) is 6.08 Å². The van der Waals surface area contributed by atoms with E-state index in [1.165, 1.54) is 11.1 Å². The highest BCUT2D eigenvalue weighted by Gasteiger charge is 2.13. The van der Waals surface area contributed by atoms with Crippen LogP contribution in [0.25, 0.3) is 5.57 Å². The highest BCUT2D eigenvalue weighted by Crippen LogP contribution is 2.24. The van der Waals surface area contributed by atoms with E-state index in [0.29, 0.717) is 6.61 Å². The van der Waals surface area contributed by atoms with Crippen molar-refractivity contribution >= 4 is 11.5 Å². The maximum atomic E-state index is 11.5. The Labute approximate surface area is 108 Å². The molecule has 0 saturated heterocycles. The van der Waals surface area contributed by atoms with Gasteiger partial charge in [0.05, 0.1) is 6.61 Å². The van der Waals surface area contributed by atoms with Gasteiger partial charge < -0.3 is 10.1 Å². The first kappa shape index (κ1) is 12.8. The van der Waals surface area contributed by atoms with Gasteiger partial charge in [0.15, 0.2) is 0 Å². The second kappa shape index (κ2) is 5.83. The Morgan fingerprint density at radius 3 is 3.11 bits per heavy atom. The smallest absolute Gasteiger partial charge is 0.331 e. The van der Waals surface area contributed by atoms with Crippen LogP contribution in [0.15, 0.2) is 24.3 Å². The summed E-state index contributed by atoms with van der Waals surface area (Å²) >= 11 is 0. The van der Waals surface area contributed by atoms with E-state index < -0.39 is 0 Å². The number of rotatable bonds is 3. The molecule has 1 aliphatic rings. The molecule has 1 N–H and O–H groups in total. The Hall–Kier alpha value is -1.61. The molecule has 0 aliphatic carbocycles. The highest BCUT2D eigenvalue weighted by molar-refractivity contribution is 5.91. The van der Waals surface area contributed by atoms with E-state index in [1.807, 2.05) is 13.8 Å². The Morgan fingerprint density at radius 2 is 2.33 bits per heavy atom. The van der Waals surface area contributed by atoms with E-state index in [0.717, 1.165) is 30.6 Å². The van der Waals surface area contributed by atoms with Crippen molar-refractivity contribution in [1.29, 1.82) is 0 Å². The zero-order valence-electron chi connectivity index (χ0n) is 11.0. The zero-order valence-corrected chi connectivity index (χ0v) is 11.0. The van der Waals surface area contributed by atoms with Crippen molar-refractivity contribution in [3.8, 4) is 0 Å². The number of hydrogen-bond donors (Lipinski definition) is 1. The molecule has 0 atom stereocenters. The molecule has 1 aliphatic heterocycles. The lowest BCUT2D eigenvalue weighted by Gasteiger charge is -2.20. The van der Waals surface area contributed by atoms with Crippen LogP contribution in [0.1, 0.15) is 30.5 Å². The fraction of sp³-hybridized carbons (Fsp3) is 0.400. The van der Waals surface area contributed by atoms with Gasteiger partial charge in [-0.2, -0.15) is 0 Å². The molecule has 18 heavy (non-hydrogen) atoms. The van der Waals surface area contributed by atoms with Gasteiger partial charge in [-0.05, 0) is 49.1 Å². The van der Waals surface area contributed by atoms with Gasteiger partial charge in [-0.1, -0.05) is 18.2 Å². The summed E-state index contributed by atoms with van der Waals surface area (Å²) in [6.45, 7) is 6.09. The number of carbonyl (C=O) groups excluding carboxylic acids is 1. The minimum Gasteiger partial charge on any atom is -0.463 e. The monoisotopic (exact) mass is 245 g/mol. The molecule has 0 spiro atoms. The summed E-state index contributed by atoms with van der Waals surface area (Å²) < 4.78 is 4.95. The van der Waals surface area contributed by atoms with Gasteiger partial charge in [-0.25, -0.2) is 4.79 Å². The maximum absolute atomic E-state index is 11.5. The third kappa shape index (κ3) is 2.79. The topological polar surface area (TPSA) is 38.3 Å². The molecular weight excluding hydrogens is 226 g/mol. The number of ether oxygens (including phenoxy) is 1. The first-order valence-corrected chi connectivity index (χ1v) is 6.39. The summed E-state index contributed by atoms with van der Waals surface area (Å²) in [4.78, 5) is 11.5. The highest BCUT2D eigenvalue weighted by atomic mass is 16.5. The molecule has 0 amide bonds. The number of esters is 1. The summed E-state index contributed by atoms with van der Waals surface area (Å²) in [7, 11) is 0. The normalized spacial score (nSPS) is 15.1. The Bertz CT molecular complexity index is 477.